The Kier molecular flexibility index (Phi) is 5.38. The Hall–Kier alpha value is -0.160. The van der Waals surface area contributed by atoms with Crippen LogP contribution in [0.15, 0.2) is 0 Å². The highest BCUT2D eigenvalue weighted by molar-refractivity contribution is 4.83. The van der Waals surface area contributed by atoms with Crippen molar-refractivity contribution in [1.82, 2.24) is 15.1 Å². The maximum Gasteiger partial charge on any atom is 0.0766 e. The number of nitrogens with zero attached hydrogens (tertiary/aromatic N) is 2. The van der Waals surface area contributed by atoms with E-state index in [-0.39, 0.29) is 5.92 Å². The molecule has 0 aliphatic carbocycles. The first kappa shape index (κ1) is 14.9. The van der Waals surface area contributed by atoms with Crippen LogP contribution in [0.5, 0.6) is 0 Å². The molecule has 0 aromatic heterocycles. The van der Waals surface area contributed by atoms with Crippen molar-refractivity contribution in [2.75, 3.05) is 46.8 Å². The first-order chi connectivity index (χ1) is 7.83. The van der Waals surface area contributed by atoms with Crippen LogP contribution in [0.2, 0.25) is 0 Å². The molecule has 0 bridgehead atoms. The number of piperazine rings is 1. The second-order valence-electron chi connectivity index (χ2n) is 6.04. The quantitative estimate of drug-likeness (QED) is 0.725. The molecular weight excluding hydrogens is 214 g/mol. The summed E-state index contributed by atoms with van der Waals surface area (Å²) in [6.07, 6.45) is 0. The van der Waals surface area contributed by atoms with E-state index in [9.17, 15) is 5.11 Å². The predicted octanol–water partition coefficient (Wildman–Crippen LogP) is 0.229. The largest absolute Gasteiger partial charge is 0.389 e. The molecule has 0 radical (unpaired) electrons. The molecule has 0 saturated carbocycles. The van der Waals surface area contributed by atoms with Crippen molar-refractivity contribution in [3.8, 4) is 0 Å². The smallest absolute Gasteiger partial charge is 0.0766 e. The van der Waals surface area contributed by atoms with Gasteiger partial charge in [-0.2, -0.15) is 0 Å². The van der Waals surface area contributed by atoms with Gasteiger partial charge >= 0.3 is 0 Å². The third kappa shape index (κ3) is 4.54. The zero-order chi connectivity index (χ0) is 13.1. The van der Waals surface area contributed by atoms with Gasteiger partial charge in [0.1, 0.15) is 0 Å². The Morgan fingerprint density at radius 2 is 2.00 bits per heavy atom. The zero-order valence-electron chi connectivity index (χ0n) is 12.0. The van der Waals surface area contributed by atoms with Crippen LogP contribution in [0.3, 0.4) is 0 Å². The van der Waals surface area contributed by atoms with E-state index in [0.29, 0.717) is 12.6 Å². The number of hydrogen-bond donors (Lipinski definition) is 2. The zero-order valence-corrected chi connectivity index (χ0v) is 12.0. The molecule has 2 N–H and O–H groups in total. The highest BCUT2D eigenvalue weighted by Crippen LogP contribution is 2.14. The normalized spacial score (nSPS) is 27.4. The summed E-state index contributed by atoms with van der Waals surface area (Å²) >= 11 is 0. The summed E-state index contributed by atoms with van der Waals surface area (Å²) in [7, 11) is 4.35. The van der Waals surface area contributed by atoms with E-state index >= 15 is 0 Å². The van der Waals surface area contributed by atoms with Gasteiger partial charge in [0.15, 0.2) is 0 Å². The first-order valence-electron chi connectivity index (χ1n) is 6.65. The number of likely N-dealkylation sites (N-methyl/N-ethyl adjacent to an activating group) is 2. The Morgan fingerprint density at radius 3 is 2.59 bits per heavy atom. The van der Waals surface area contributed by atoms with Gasteiger partial charge in [0.2, 0.25) is 0 Å². The summed E-state index contributed by atoms with van der Waals surface area (Å²) in [5.74, 6) is 0.279. The molecule has 102 valence electrons. The lowest BCUT2D eigenvalue weighted by Gasteiger charge is -2.38. The minimum Gasteiger partial charge on any atom is -0.389 e. The lowest BCUT2D eigenvalue weighted by atomic mass is 9.92. The van der Waals surface area contributed by atoms with Crippen molar-refractivity contribution in [1.29, 1.82) is 0 Å². The Balaban J connectivity index is 2.30. The molecule has 2 unspecified atom stereocenters. The van der Waals surface area contributed by atoms with Crippen LogP contribution in [-0.2, 0) is 0 Å². The minimum absolute atomic E-state index is 0.279. The molecule has 1 heterocycles. The topological polar surface area (TPSA) is 38.7 Å². The molecule has 1 aliphatic rings. The van der Waals surface area contributed by atoms with Crippen LogP contribution < -0.4 is 5.32 Å². The maximum atomic E-state index is 10.2. The van der Waals surface area contributed by atoms with Crippen LogP contribution in [-0.4, -0.2) is 73.4 Å². The van der Waals surface area contributed by atoms with Gasteiger partial charge in [-0.15, -0.1) is 0 Å². The maximum absolute atomic E-state index is 10.2. The molecular formula is C13H29N3O. The van der Waals surface area contributed by atoms with Crippen LogP contribution in [0.4, 0.5) is 0 Å². The average Bonchev–Trinajstić information content (AvgIpc) is 2.22. The molecule has 0 spiro atoms. The third-order valence-corrected chi connectivity index (χ3v) is 4.09. The van der Waals surface area contributed by atoms with E-state index in [2.05, 4.69) is 43.1 Å². The van der Waals surface area contributed by atoms with E-state index in [1.54, 1.807) is 0 Å². The van der Waals surface area contributed by atoms with Crippen molar-refractivity contribution in [3.05, 3.63) is 0 Å². The third-order valence-electron chi connectivity index (χ3n) is 4.09. The van der Waals surface area contributed by atoms with Gasteiger partial charge in [-0.3, -0.25) is 4.90 Å². The molecule has 1 aliphatic heterocycles. The van der Waals surface area contributed by atoms with Gasteiger partial charge in [-0.1, -0.05) is 13.8 Å². The van der Waals surface area contributed by atoms with E-state index in [1.165, 1.54) is 0 Å². The Morgan fingerprint density at radius 1 is 1.35 bits per heavy atom. The van der Waals surface area contributed by atoms with Crippen molar-refractivity contribution in [2.45, 2.75) is 32.4 Å². The fraction of sp³-hybridized carbons (Fsp3) is 1.00. The summed E-state index contributed by atoms with van der Waals surface area (Å²) < 4.78 is 0. The lowest BCUT2D eigenvalue weighted by molar-refractivity contribution is 0.0114. The fourth-order valence-electron chi connectivity index (χ4n) is 2.02. The monoisotopic (exact) mass is 243 g/mol. The molecule has 1 saturated heterocycles. The van der Waals surface area contributed by atoms with Gasteiger partial charge in [0, 0.05) is 38.8 Å². The van der Waals surface area contributed by atoms with E-state index in [1.807, 2.05) is 6.92 Å². The molecule has 1 fully saturated rings. The highest BCUT2D eigenvalue weighted by Gasteiger charge is 2.26. The molecule has 4 heteroatoms. The van der Waals surface area contributed by atoms with Gasteiger partial charge in [0.25, 0.3) is 0 Å². The SMILES string of the molecule is CC(C)C(C)(O)CNCC1CN(C)CCN1C. The summed E-state index contributed by atoms with van der Waals surface area (Å²) in [6.45, 7) is 11.0. The van der Waals surface area contributed by atoms with E-state index < -0.39 is 5.60 Å². The summed E-state index contributed by atoms with van der Waals surface area (Å²) in [5, 5.41) is 13.6. The summed E-state index contributed by atoms with van der Waals surface area (Å²) in [5.41, 5.74) is -0.612. The minimum atomic E-state index is -0.612. The van der Waals surface area contributed by atoms with Crippen LogP contribution in [0, 0.1) is 5.92 Å². The summed E-state index contributed by atoms with van der Waals surface area (Å²) in [4.78, 5) is 4.77. The van der Waals surface area contributed by atoms with Crippen molar-refractivity contribution < 1.29 is 5.11 Å². The predicted molar refractivity (Wildman–Crippen MR) is 72.2 cm³/mol. The second kappa shape index (κ2) is 6.14. The lowest BCUT2D eigenvalue weighted by Crippen LogP contribution is -2.55. The van der Waals surface area contributed by atoms with Gasteiger partial charge in [-0.25, -0.2) is 0 Å². The van der Waals surface area contributed by atoms with Crippen LogP contribution >= 0.6 is 0 Å². The number of rotatable bonds is 5. The second-order valence-corrected chi connectivity index (χ2v) is 6.04. The molecule has 0 aromatic rings. The number of nitrogens with one attached hydrogen (secondary N) is 1. The Labute approximate surface area is 106 Å². The first-order valence-corrected chi connectivity index (χ1v) is 6.65. The molecule has 1 rings (SSSR count). The molecule has 2 atom stereocenters. The number of aliphatic hydroxyl groups is 1. The molecule has 4 nitrogen and oxygen atoms in total. The van der Waals surface area contributed by atoms with E-state index in [0.717, 1.165) is 26.2 Å². The van der Waals surface area contributed by atoms with Gasteiger partial charge in [-0.05, 0) is 26.9 Å². The van der Waals surface area contributed by atoms with Crippen molar-refractivity contribution in [3.63, 3.8) is 0 Å². The van der Waals surface area contributed by atoms with Crippen LogP contribution in [0.1, 0.15) is 20.8 Å². The van der Waals surface area contributed by atoms with E-state index in [4.69, 9.17) is 0 Å². The molecule has 0 aromatic carbocycles. The standard InChI is InChI=1S/C13H29N3O/c1-11(2)13(3,17)10-14-8-12-9-15(4)6-7-16(12)5/h11-12,14,17H,6-10H2,1-5H3. The number of hydrogen-bond acceptors (Lipinski definition) is 4. The van der Waals surface area contributed by atoms with Gasteiger partial charge < -0.3 is 15.3 Å². The summed E-state index contributed by atoms with van der Waals surface area (Å²) in [6, 6.07) is 0.553. The molecule has 0 amide bonds. The molecule has 17 heavy (non-hydrogen) atoms. The fourth-order valence-corrected chi connectivity index (χ4v) is 2.02. The van der Waals surface area contributed by atoms with Crippen LogP contribution in [0.25, 0.3) is 0 Å². The van der Waals surface area contributed by atoms with Gasteiger partial charge in [0.05, 0.1) is 5.60 Å². The highest BCUT2D eigenvalue weighted by atomic mass is 16.3. The average molecular weight is 243 g/mol. The van der Waals surface area contributed by atoms with Crippen molar-refractivity contribution >= 4 is 0 Å². The van der Waals surface area contributed by atoms with Crippen molar-refractivity contribution in [2.24, 2.45) is 5.92 Å². The Bertz CT molecular complexity index is 231.